The number of fused-ring (bicyclic) bond motifs is 3. The molecule has 142 valence electrons. The van der Waals surface area contributed by atoms with Crippen molar-refractivity contribution in [3.8, 4) is 11.5 Å². The summed E-state index contributed by atoms with van der Waals surface area (Å²) in [5.41, 5.74) is 0.712. The number of phenolic OH excluding ortho intramolecular Hbond substituents is 1. The average molecular weight is 359 g/mol. The molecule has 2 N–H and O–H groups in total. The van der Waals surface area contributed by atoms with Crippen LogP contribution in [0.25, 0.3) is 0 Å². The van der Waals surface area contributed by atoms with Crippen molar-refractivity contribution in [2.45, 2.75) is 70.1 Å². The van der Waals surface area contributed by atoms with Crippen LogP contribution in [0.5, 0.6) is 11.5 Å². The highest BCUT2D eigenvalue weighted by Crippen LogP contribution is 2.55. The number of carbonyl (C=O) groups is 1. The molecule has 0 aromatic heterocycles. The number of ether oxygens (including phenoxy) is 1. The Hall–Kier alpha value is -1.59. The number of hydrogen-bond acceptors (Lipinski definition) is 5. The molecular formula is C21H29NO4. The van der Waals surface area contributed by atoms with Crippen LogP contribution in [0, 0.1) is 12.8 Å². The molecule has 1 aromatic rings. The van der Waals surface area contributed by atoms with E-state index in [0.717, 1.165) is 30.1 Å². The molecule has 2 saturated carbocycles. The smallest absolute Gasteiger partial charge is 0.174 e. The Labute approximate surface area is 155 Å². The van der Waals surface area contributed by atoms with Crippen molar-refractivity contribution < 1.29 is 19.7 Å². The van der Waals surface area contributed by atoms with Crippen molar-refractivity contribution in [2.75, 3.05) is 13.1 Å². The topological polar surface area (TPSA) is 70.0 Å². The van der Waals surface area contributed by atoms with Crippen LogP contribution in [0.1, 0.15) is 56.6 Å². The van der Waals surface area contributed by atoms with E-state index in [1.165, 1.54) is 12.8 Å². The lowest BCUT2D eigenvalue weighted by molar-refractivity contribution is -0.144. The normalized spacial score (nSPS) is 31.5. The first-order valence-electron chi connectivity index (χ1n) is 9.85. The molecule has 0 spiro atoms. The minimum Gasteiger partial charge on any atom is -0.504 e. The minimum atomic E-state index is -1.05. The number of hydrogen-bond donors (Lipinski definition) is 2. The van der Waals surface area contributed by atoms with Crippen LogP contribution in [0.4, 0.5) is 0 Å². The van der Waals surface area contributed by atoms with E-state index in [2.05, 4.69) is 18.7 Å². The van der Waals surface area contributed by atoms with Crippen LogP contribution in [0.2, 0.25) is 0 Å². The molecule has 0 radical (unpaired) electrons. The lowest BCUT2D eigenvalue weighted by atomic mass is 9.66. The van der Waals surface area contributed by atoms with Gasteiger partial charge in [-0.3, -0.25) is 9.69 Å². The van der Waals surface area contributed by atoms with Crippen LogP contribution < -0.4 is 4.74 Å². The molecule has 5 heteroatoms. The summed E-state index contributed by atoms with van der Waals surface area (Å²) in [5.74, 6) is 0.764. The summed E-state index contributed by atoms with van der Waals surface area (Å²) < 4.78 is 5.91. The molecule has 0 amide bonds. The Kier molecular flexibility index (Phi) is 4.27. The SMILES string of the molecule is CCN(CC1CC1)[C@H](C)C1(O)CCC(=O)C2Oc3c(O)ccc(C)c3C21. The number of benzene rings is 1. The molecule has 0 bridgehead atoms. The summed E-state index contributed by atoms with van der Waals surface area (Å²) in [6.45, 7) is 8.03. The van der Waals surface area contributed by atoms with Gasteiger partial charge in [0.05, 0.1) is 11.5 Å². The first kappa shape index (κ1) is 17.8. The van der Waals surface area contributed by atoms with Gasteiger partial charge in [-0.15, -0.1) is 0 Å². The van der Waals surface area contributed by atoms with Gasteiger partial charge in [0.15, 0.2) is 23.4 Å². The molecule has 1 heterocycles. The van der Waals surface area contributed by atoms with E-state index in [1.54, 1.807) is 6.07 Å². The first-order valence-corrected chi connectivity index (χ1v) is 9.85. The molecule has 3 unspecified atom stereocenters. The molecule has 4 atom stereocenters. The Morgan fingerprint density at radius 1 is 1.38 bits per heavy atom. The second-order valence-electron chi connectivity index (χ2n) is 8.32. The molecule has 2 aliphatic carbocycles. The third-order valence-electron chi connectivity index (χ3n) is 6.75. The summed E-state index contributed by atoms with van der Waals surface area (Å²) in [4.78, 5) is 14.9. The number of ketones is 1. The van der Waals surface area contributed by atoms with Crippen molar-refractivity contribution in [3.63, 3.8) is 0 Å². The molecule has 2 fully saturated rings. The Morgan fingerprint density at radius 3 is 2.77 bits per heavy atom. The van der Waals surface area contributed by atoms with E-state index in [0.29, 0.717) is 18.6 Å². The molecule has 3 aliphatic rings. The van der Waals surface area contributed by atoms with Gasteiger partial charge < -0.3 is 14.9 Å². The van der Waals surface area contributed by atoms with Crippen molar-refractivity contribution in [1.82, 2.24) is 4.90 Å². The van der Waals surface area contributed by atoms with Gasteiger partial charge in [-0.25, -0.2) is 0 Å². The molecule has 26 heavy (non-hydrogen) atoms. The van der Waals surface area contributed by atoms with Crippen LogP contribution in [-0.2, 0) is 4.79 Å². The number of aromatic hydroxyl groups is 1. The fourth-order valence-electron chi connectivity index (χ4n) is 4.91. The van der Waals surface area contributed by atoms with Gasteiger partial charge in [-0.2, -0.15) is 0 Å². The second kappa shape index (κ2) is 6.24. The van der Waals surface area contributed by atoms with Gasteiger partial charge in [-0.05, 0) is 57.2 Å². The standard InChI is InChI=1S/C21H29NO4/c1-4-22(11-14-6-7-14)13(3)21(25)10-9-16(24)20-18(21)17-12(2)5-8-15(23)19(17)26-20/h5,8,13-14,18,20,23,25H,4,6-7,9-11H2,1-3H3/t13-,18?,20?,21?/m1/s1. The summed E-state index contributed by atoms with van der Waals surface area (Å²) in [5, 5.41) is 22.1. The monoisotopic (exact) mass is 359 g/mol. The summed E-state index contributed by atoms with van der Waals surface area (Å²) in [6.07, 6.45) is 2.60. The molecule has 1 aliphatic heterocycles. The van der Waals surface area contributed by atoms with E-state index in [4.69, 9.17) is 4.74 Å². The Balaban J connectivity index is 1.75. The van der Waals surface area contributed by atoms with Gasteiger partial charge in [0.1, 0.15) is 0 Å². The molecule has 1 aromatic carbocycles. The quantitative estimate of drug-likeness (QED) is 0.846. The fourth-order valence-corrected chi connectivity index (χ4v) is 4.91. The highest BCUT2D eigenvalue weighted by Gasteiger charge is 2.58. The van der Waals surface area contributed by atoms with Crippen molar-refractivity contribution in [1.29, 1.82) is 0 Å². The predicted octanol–water partition coefficient (Wildman–Crippen LogP) is 2.76. The zero-order valence-electron chi connectivity index (χ0n) is 15.9. The number of Topliss-reactive ketones (excluding diaryl/α,β-unsaturated/α-hetero) is 1. The number of aliphatic hydroxyl groups is 1. The zero-order chi connectivity index (χ0) is 18.6. The van der Waals surface area contributed by atoms with Gasteiger partial charge in [0.25, 0.3) is 0 Å². The maximum Gasteiger partial charge on any atom is 0.174 e. The van der Waals surface area contributed by atoms with E-state index < -0.39 is 17.6 Å². The number of rotatable bonds is 5. The molecule has 5 nitrogen and oxygen atoms in total. The lowest BCUT2D eigenvalue weighted by Gasteiger charge is -2.48. The Bertz CT molecular complexity index is 729. The van der Waals surface area contributed by atoms with Crippen LogP contribution in [0.15, 0.2) is 12.1 Å². The van der Waals surface area contributed by atoms with Gasteiger partial charge in [0, 0.05) is 24.6 Å². The highest BCUT2D eigenvalue weighted by molar-refractivity contribution is 5.88. The first-order chi connectivity index (χ1) is 12.4. The third-order valence-corrected chi connectivity index (χ3v) is 6.75. The summed E-state index contributed by atoms with van der Waals surface area (Å²) in [6, 6.07) is 3.36. The Morgan fingerprint density at radius 2 is 2.12 bits per heavy atom. The van der Waals surface area contributed by atoms with Crippen LogP contribution >= 0.6 is 0 Å². The van der Waals surface area contributed by atoms with Gasteiger partial charge in [0.2, 0.25) is 0 Å². The second-order valence-corrected chi connectivity index (χ2v) is 8.32. The van der Waals surface area contributed by atoms with Crippen molar-refractivity contribution in [2.24, 2.45) is 5.92 Å². The fraction of sp³-hybridized carbons (Fsp3) is 0.667. The number of phenols is 1. The predicted molar refractivity (Wildman–Crippen MR) is 98.6 cm³/mol. The maximum atomic E-state index is 12.6. The van der Waals surface area contributed by atoms with Crippen LogP contribution in [-0.4, -0.2) is 51.7 Å². The number of nitrogens with zero attached hydrogens (tertiary/aromatic N) is 1. The van der Waals surface area contributed by atoms with E-state index in [1.807, 2.05) is 13.0 Å². The minimum absolute atomic E-state index is 0.0205. The number of aryl methyl sites for hydroxylation is 1. The molecule has 4 rings (SSSR count). The van der Waals surface area contributed by atoms with E-state index >= 15 is 0 Å². The lowest BCUT2D eigenvalue weighted by Crippen LogP contribution is -2.60. The van der Waals surface area contributed by atoms with Crippen molar-refractivity contribution >= 4 is 5.78 Å². The number of likely N-dealkylation sites (N-methyl/N-ethyl adjacent to an activating group) is 1. The largest absolute Gasteiger partial charge is 0.504 e. The summed E-state index contributed by atoms with van der Waals surface area (Å²) in [7, 11) is 0. The maximum absolute atomic E-state index is 12.6. The van der Waals surface area contributed by atoms with E-state index in [9.17, 15) is 15.0 Å². The van der Waals surface area contributed by atoms with Crippen molar-refractivity contribution in [3.05, 3.63) is 23.3 Å². The van der Waals surface area contributed by atoms with E-state index in [-0.39, 0.29) is 17.6 Å². The summed E-state index contributed by atoms with van der Waals surface area (Å²) >= 11 is 0. The molecular weight excluding hydrogens is 330 g/mol. The third kappa shape index (κ3) is 2.64. The molecule has 0 saturated heterocycles. The highest BCUT2D eigenvalue weighted by atomic mass is 16.5. The van der Waals surface area contributed by atoms with Gasteiger partial charge >= 0.3 is 0 Å². The number of carbonyl (C=O) groups excluding carboxylic acids is 1. The zero-order valence-corrected chi connectivity index (χ0v) is 15.9. The average Bonchev–Trinajstić information content (AvgIpc) is 3.34. The van der Waals surface area contributed by atoms with Gasteiger partial charge in [-0.1, -0.05) is 13.0 Å². The van der Waals surface area contributed by atoms with Crippen LogP contribution in [0.3, 0.4) is 0 Å².